The van der Waals surface area contributed by atoms with Gasteiger partial charge in [0.1, 0.15) is 5.60 Å². The van der Waals surface area contributed by atoms with Crippen molar-refractivity contribution in [2.24, 2.45) is 5.92 Å². The molecule has 2 heteroatoms. The maximum absolute atomic E-state index is 12.5. The first-order valence-electron chi connectivity index (χ1n) is 7.15. The Bertz CT molecular complexity index is 701. The third kappa shape index (κ3) is 1.95. The molecule has 1 aliphatic rings. The Morgan fingerprint density at radius 3 is 2.05 bits per heavy atom. The summed E-state index contributed by atoms with van der Waals surface area (Å²) in [6, 6.07) is 19.1. The summed E-state index contributed by atoms with van der Waals surface area (Å²) in [5.41, 5.74) is 1.79. The molecule has 3 rings (SSSR count). The molecule has 106 valence electrons. The van der Waals surface area contributed by atoms with E-state index in [0.29, 0.717) is 5.57 Å². The van der Waals surface area contributed by atoms with Gasteiger partial charge in [-0.2, -0.15) is 0 Å². The summed E-state index contributed by atoms with van der Waals surface area (Å²) in [4.78, 5) is 12.5. The smallest absolute Gasteiger partial charge is 0.165 e. The van der Waals surface area contributed by atoms with Crippen molar-refractivity contribution in [3.63, 3.8) is 0 Å². The lowest BCUT2D eigenvalue weighted by atomic mass is 9.78. The molecule has 2 aromatic rings. The molecular formula is C19H18O2. The Morgan fingerprint density at radius 1 is 0.952 bits per heavy atom. The topological polar surface area (TPSA) is 37.3 Å². The Hall–Kier alpha value is -2.19. The van der Waals surface area contributed by atoms with Gasteiger partial charge in [0.15, 0.2) is 5.78 Å². The van der Waals surface area contributed by atoms with Gasteiger partial charge in [-0.15, -0.1) is 0 Å². The van der Waals surface area contributed by atoms with Crippen molar-refractivity contribution in [3.05, 3.63) is 77.4 Å². The number of Topliss-reactive ketones (excluding diaryl/α,β-unsaturated/α-hetero) is 1. The summed E-state index contributed by atoms with van der Waals surface area (Å²) >= 11 is 0. The van der Waals surface area contributed by atoms with Gasteiger partial charge in [0.05, 0.1) is 5.92 Å². The third-order valence-electron chi connectivity index (χ3n) is 4.42. The minimum atomic E-state index is -1.26. The maximum atomic E-state index is 12.5. The van der Waals surface area contributed by atoms with E-state index in [2.05, 4.69) is 0 Å². The van der Waals surface area contributed by atoms with Gasteiger partial charge in [0.2, 0.25) is 0 Å². The molecule has 0 spiro atoms. The number of rotatable bonds is 2. The summed E-state index contributed by atoms with van der Waals surface area (Å²) in [6.07, 6.45) is 0. The van der Waals surface area contributed by atoms with Crippen LogP contribution in [-0.4, -0.2) is 10.9 Å². The Kier molecular flexibility index (Phi) is 3.26. The molecular weight excluding hydrogens is 260 g/mol. The SMILES string of the molecule is CC1=C(c2ccccc2)[C@](O)(c2ccccc2)[C@H](C)C1=O. The lowest BCUT2D eigenvalue weighted by Gasteiger charge is -2.31. The Morgan fingerprint density at radius 2 is 1.48 bits per heavy atom. The van der Waals surface area contributed by atoms with Gasteiger partial charge in [-0.25, -0.2) is 0 Å². The lowest BCUT2D eigenvalue weighted by Crippen LogP contribution is -2.33. The largest absolute Gasteiger partial charge is 0.380 e. The highest BCUT2D eigenvalue weighted by molar-refractivity contribution is 6.11. The zero-order chi connectivity index (χ0) is 15.0. The predicted molar refractivity (Wildman–Crippen MR) is 83.5 cm³/mol. The number of hydrogen-bond acceptors (Lipinski definition) is 2. The quantitative estimate of drug-likeness (QED) is 0.912. The third-order valence-corrected chi connectivity index (χ3v) is 4.42. The maximum Gasteiger partial charge on any atom is 0.165 e. The highest BCUT2D eigenvalue weighted by Gasteiger charge is 2.50. The molecule has 0 bridgehead atoms. The van der Waals surface area contributed by atoms with E-state index in [1.54, 1.807) is 6.92 Å². The second kappa shape index (κ2) is 4.97. The van der Waals surface area contributed by atoms with Crippen molar-refractivity contribution in [2.75, 3.05) is 0 Å². The van der Waals surface area contributed by atoms with Crippen LogP contribution in [0.3, 0.4) is 0 Å². The van der Waals surface area contributed by atoms with Crippen molar-refractivity contribution in [2.45, 2.75) is 19.4 Å². The first-order chi connectivity index (χ1) is 10.1. The molecule has 21 heavy (non-hydrogen) atoms. The minimum absolute atomic E-state index is 0.0141. The van der Waals surface area contributed by atoms with Gasteiger partial charge < -0.3 is 5.11 Å². The summed E-state index contributed by atoms with van der Waals surface area (Å²) in [5, 5.41) is 11.4. The molecule has 2 atom stereocenters. The highest BCUT2D eigenvalue weighted by atomic mass is 16.3. The monoisotopic (exact) mass is 278 g/mol. The molecule has 0 saturated carbocycles. The summed E-state index contributed by atoms with van der Waals surface area (Å²) in [7, 11) is 0. The Balaban J connectivity index is 2.26. The fourth-order valence-corrected chi connectivity index (χ4v) is 3.27. The van der Waals surface area contributed by atoms with E-state index in [9.17, 15) is 9.90 Å². The van der Waals surface area contributed by atoms with Crippen molar-refractivity contribution in [1.29, 1.82) is 0 Å². The van der Waals surface area contributed by atoms with E-state index < -0.39 is 11.5 Å². The van der Waals surface area contributed by atoms with Gasteiger partial charge in [-0.3, -0.25) is 4.79 Å². The first-order valence-corrected chi connectivity index (χ1v) is 7.15. The van der Waals surface area contributed by atoms with Crippen molar-refractivity contribution >= 4 is 11.4 Å². The van der Waals surface area contributed by atoms with Crippen LogP contribution in [0.15, 0.2) is 66.2 Å². The zero-order valence-electron chi connectivity index (χ0n) is 12.2. The number of allylic oxidation sites excluding steroid dienone is 1. The van der Waals surface area contributed by atoms with E-state index in [0.717, 1.165) is 16.7 Å². The average molecular weight is 278 g/mol. The zero-order valence-corrected chi connectivity index (χ0v) is 12.2. The molecule has 0 aliphatic heterocycles. The highest BCUT2D eigenvalue weighted by Crippen LogP contribution is 2.49. The molecule has 0 fully saturated rings. The van der Waals surface area contributed by atoms with E-state index in [-0.39, 0.29) is 5.78 Å². The first kappa shape index (κ1) is 13.8. The van der Waals surface area contributed by atoms with E-state index >= 15 is 0 Å². The molecule has 2 aromatic carbocycles. The van der Waals surface area contributed by atoms with Crippen LogP contribution in [0.5, 0.6) is 0 Å². The van der Waals surface area contributed by atoms with Crippen LogP contribution in [0.1, 0.15) is 25.0 Å². The Labute approximate surface area is 124 Å². The van der Waals surface area contributed by atoms with Gasteiger partial charge in [0.25, 0.3) is 0 Å². The molecule has 0 saturated heterocycles. The van der Waals surface area contributed by atoms with Gasteiger partial charge in [-0.05, 0) is 23.6 Å². The molecule has 0 heterocycles. The fourth-order valence-electron chi connectivity index (χ4n) is 3.27. The average Bonchev–Trinajstić information content (AvgIpc) is 2.71. The van der Waals surface area contributed by atoms with Crippen LogP contribution in [0.2, 0.25) is 0 Å². The van der Waals surface area contributed by atoms with Crippen LogP contribution in [0, 0.1) is 5.92 Å². The predicted octanol–water partition coefficient (Wildman–Crippen LogP) is 3.57. The molecule has 0 unspecified atom stereocenters. The number of benzene rings is 2. The van der Waals surface area contributed by atoms with Gasteiger partial charge in [0, 0.05) is 5.57 Å². The molecule has 1 aliphatic carbocycles. The standard InChI is InChI=1S/C19H18O2/c1-13-17(15-9-5-3-6-10-15)19(21,14(2)18(13)20)16-11-7-4-8-12-16/h3-12,14,21H,1-2H3/t14-,19-/m1/s1. The van der Waals surface area contributed by atoms with Crippen LogP contribution >= 0.6 is 0 Å². The van der Waals surface area contributed by atoms with Gasteiger partial charge in [-0.1, -0.05) is 67.6 Å². The summed E-state index contributed by atoms with van der Waals surface area (Å²) in [5.74, 6) is -0.463. The van der Waals surface area contributed by atoms with Crippen molar-refractivity contribution < 1.29 is 9.90 Å². The van der Waals surface area contributed by atoms with Crippen LogP contribution in [0.4, 0.5) is 0 Å². The van der Waals surface area contributed by atoms with Crippen molar-refractivity contribution in [3.8, 4) is 0 Å². The number of hydrogen-bond donors (Lipinski definition) is 1. The molecule has 0 aromatic heterocycles. The number of aliphatic hydroxyl groups is 1. The second-order valence-electron chi connectivity index (χ2n) is 5.58. The normalized spacial score (nSPS) is 25.5. The van der Waals surface area contributed by atoms with Gasteiger partial charge >= 0.3 is 0 Å². The van der Waals surface area contributed by atoms with Crippen LogP contribution < -0.4 is 0 Å². The molecule has 0 amide bonds. The number of carbonyl (C=O) groups is 1. The van der Waals surface area contributed by atoms with E-state index in [1.807, 2.05) is 67.6 Å². The van der Waals surface area contributed by atoms with E-state index in [1.165, 1.54) is 0 Å². The van der Waals surface area contributed by atoms with Crippen LogP contribution in [0.25, 0.3) is 5.57 Å². The van der Waals surface area contributed by atoms with E-state index in [4.69, 9.17) is 0 Å². The molecule has 1 N–H and O–H groups in total. The summed E-state index contributed by atoms with van der Waals surface area (Å²) < 4.78 is 0. The van der Waals surface area contributed by atoms with Crippen LogP contribution in [-0.2, 0) is 10.4 Å². The van der Waals surface area contributed by atoms with Crippen molar-refractivity contribution in [1.82, 2.24) is 0 Å². The number of ketones is 1. The minimum Gasteiger partial charge on any atom is -0.380 e. The second-order valence-corrected chi connectivity index (χ2v) is 5.58. The molecule has 2 nitrogen and oxygen atoms in total. The fraction of sp³-hybridized carbons (Fsp3) is 0.211. The number of carbonyl (C=O) groups excluding carboxylic acids is 1. The lowest BCUT2D eigenvalue weighted by molar-refractivity contribution is -0.122. The molecule has 0 radical (unpaired) electrons. The summed E-state index contributed by atoms with van der Waals surface area (Å²) in [6.45, 7) is 3.61.